The van der Waals surface area contributed by atoms with Gasteiger partial charge >= 0.3 is 0 Å². The topological polar surface area (TPSA) is 144 Å². The minimum Gasteiger partial charge on any atom is -0.379 e. The highest BCUT2D eigenvalue weighted by molar-refractivity contribution is 7.91. The van der Waals surface area contributed by atoms with Crippen molar-refractivity contribution in [2.75, 3.05) is 23.7 Å². The van der Waals surface area contributed by atoms with Crippen LogP contribution in [-0.4, -0.2) is 31.4 Å². The van der Waals surface area contributed by atoms with Gasteiger partial charge in [-0.2, -0.15) is 0 Å². The van der Waals surface area contributed by atoms with E-state index in [9.17, 15) is 28.6 Å². The van der Waals surface area contributed by atoms with E-state index in [-0.39, 0.29) is 32.5 Å². The summed E-state index contributed by atoms with van der Waals surface area (Å²) >= 11 is 0. The second kappa shape index (κ2) is 12.1. The SMILES string of the molecule is CCCCCNc1ccc(S(=O)(=O)c2ccc(NCCCCC)c([N+](=O)[O-])c2)cc1[N+](=O)[O-]. The van der Waals surface area contributed by atoms with Crippen molar-refractivity contribution in [1.82, 2.24) is 0 Å². The van der Waals surface area contributed by atoms with E-state index >= 15 is 0 Å². The summed E-state index contributed by atoms with van der Waals surface area (Å²) in [7, 11) is -4.21. The monoisotopic (exact) mass is 478 g/mol. The first-order valence-corrected chi connectivity index (χ1v) is 12.5. The molecule has 0 radical (unpaired) electrons. The molecule has 0 fully saturated rings. The van der Waals surface area contributed by atoms with Gasteiger partial charge in [-0.25, -0.2) is 8.42 Å². The molecule has 0 aromatic heterocycles. The number of hydrogen-bond donors (Lipinski definition) is 2. The molecular formula is C22H30N4O6S. The van der Waals surface area contributed by atoms with Gasteiger partial charge in [0.1, 0.15) is 11.4 Å². The lowest BCUT2D eigenvalue weighted by molar-refractivity contribution is -0.384. The third kappa shape index (κ3) is 6.88. The summed E-state index contributed by atoms with van der Waals surface area (Å²) in [4.78, 5) is 21.2. The first-order valence-electron chi connectivity index (χ1n) is 11.0. The Morgan fingerprint density at radius 1 is 0.727 bits per heavy atom. The lowest BCUT2D eigenvalue weighted by atomic mass is 10.2. The molecule has 0 aliphatic rings. The standard InChI is InChI=1S/C22H30N4O6S/c1-3-5-7-13-23-19-11-9-17(15-21(19)25(27)28)33(31,32)18-10-12-20(22(16-18)26(29)30)24-14-8-6-4-2/h9-12,15-16,23-24H,3-8,13-14H2,1-2H3. The summed E-state index contributed by atoms with van der Waals surface area (Å²) in [5.41, 5.74) is -0.270. The first kappa shape index (κ1) is 26.0. The smallest absolute Gasteiger partial charge is 0.293 e. The summed E-state index contributed by atoms with van der Waals surface area (Å²) in [5.74, 6) is 0. The van der Waals surface area contributed by atoms with E-state index in [1.807, 2.05) is 13.8 Å². The Bertz CT molecular complexity index is 1010. The molecule has 2 aromatic rings. The Morgan fingerprint density at radius 2 is 1.12 bits per heavy atom. The Hall–Kier alpha value is -3.21. The summed E-state index contributed by atoms with van der Waals surface area (Å²) in [6.07, 6.45) is 5.59. The summed E-state index contributed by atoms with van der Waals surface area (Å²) < 4.78 is 26.2. The second-order valence-corrected chi connectivity index (χ2v) is 9.59. The minimum absolute atomic E-state index is 0.229. The molecule has 0 spiro atoms. The van der Waals surface area contributed by atoms with Crippen molar-refractivity contribution in [3.8, 4) is 0 Å². The van der Waals surface area contributed by atoms with Gasteiger partial charge in [-0.3, -0.25) is 20.2 Å². The molecule has 0 aliphatic carbocycles. The van der Waals surface area contributed by atoms with Gasteiger partial charge in [0, 0.05) is 25.2 Å². The lowest BCUT2D eigenvalue weighted by Crippen LogP contribution is -2.08. The largest absolute Gasteiger partial charge is 0.379 e. The maximum absolute atomic E-state index is 13.1. The zero-order valence-electron chi connectivity index (χ0n) is 18.9. The fourth-order valence-electron chi connectivity index (χ4n) is 3.29. The van der Waals surface area contributed by atoms with Crippen molar-refractivity contribution >= 4 is 32.6 Å². The molecule has 180 valence electrons. The number of nitrogens with zero attached hydrogens (tertiary/aromatic N) is 2. The van der Waals surface area contributed by atoms with Crippen molar-refractivity contribution in [1.29, 1.82) is 0 Å². The first-order chi connectivity index (χ1) is 15.7. The molecule has 10 nitrogen and oxygen atoms in total. The molecule has 0 bridgehead atoms. The van der Waals surface area contributed by atoms with E-state index < -0.39 is 19.7 Å². The molecule has 11 heteroatoms. The van der Waals surface area contributed by atoms with Crippen LogP contribution < -0.4 is 10.6 Å². The number of nitro benzene ring substituents is 2. The average Bonchev–Trinajstić information content (AvgIpc) is 2.79. The maximum atomic E-state index is 13.1. The lowest BCUT2D eigenvalue weighted by Gasteiger charge is -2.11. The van der Waals surface area contributed by atoms with Crippen LogP contribution in [0.3, 0.4) is 0 Å². The van der Waals surface area contributed by atoms with Gasteiger partial charge in [-0.1, -0.05) is 39.5 Å². The molecule has 2 rings (SSSR count). The fraction of sp³-hybridized carbons (Fsp3) is 0.455. The molecule has 0 atom stereocenters. The zero-order chi connectivity index (χ0) is 24.4. The highest BCUT2D eigenvalue weighted by Crippen LogP contribution is 2.33. The van der Waals surface area contributed by atoms with E-state index in [2.05, 4.69) is 10.6 Å². The number of benzene rings is 2. The fourth-order valence-corrected chi connectivity index (χ4v) is 4.59. The Balaban J connectivity index is 2.36. The van der Waals surface area contributed by atoms with Crippen molar-refractivity contribution in [2.24, 2.45) is 0 Å². The van der Waals surface area contributed by atoms with Crippen LogP contribution in [0.25, 0.3) is 0 Å². The average molecular weight is 479 g/mol. The van der Waals surface area contributed by atoms with Gasteiger partial charge < -0.3 is 10.6 Å². The maximum Gasteiger partial charge on any atom is 0.293 e. The van der Waals surface area contributed by atoms with Crippen molar-refractivity contribution in [3.63, 3.8) is 0 Å². The highest BCUT2D eigenvalue weighted by Gasteiger charge is 2.26. The number of nitro groups is 2. The molecule has 0 unspecified atom stereocenters. The van der Waals surface area contributed by atoms with Gasteiger partial charge in [0.2, 0.25) is 9.84 Å². The molecule has 0 aliphatic heterocycles. The third-order valence-corrected chi connectivity index (χ3v) is 6.89. The van der Waals surface area contributed by atoms with Crippen LogP contribution in [0.1, 0.15) is 52.4 Å². The van der Waals surface area contributed by atoms with Crippen molar-refractivity contribution in [3.05, 3.63) is 56.6 Å². The molecule has 0 heterocycles. The van der Waals surface area contributed by atoms with Gasteiger partial charge in [-0.05, 0) is 37.1 Å². The van der Waals surface area contributed by atoms with E-state index in [0.717, 1.165) is 50.7 Å². The van der Waals surface area contributed by atoms with Crippen LogP contribution in [0.4, 0.5) is 22.7 Å². The number of anilines is 2. The van der Waals surface area contributed by atoms with Crippen LogP contribution in [-0.2, 0) is 9.84 Å². The third-order valence-electron chi connectivity index (χ3n) is 5.14. The number of nitrogens with one attached hydrogen (secondary N) is 2. The van der Waals surface area contributed by atoms with Gasteiger partial charge in [0.05, 0.1) is 19.6 Å². The molecule has 2 aromatic carbocycles. The number of hydrogen-bond acceptors (Lipinski definition) is 8. The summed E-state index contributed by atoms with van der Waals surface area (Å²) in [6, 6.07) is 7.23. The summed E-state index contributed by atoms with van der Waals surface area (Å²) in [6.45, 7) is 5.14. The molecule has 33 heavy (non-hydrogen) atoms. The molecular weight excluding hydrogens is 448 g/mol. The van der Waals surface area contributed by atoms with Gasteiger partial charge in [0.15, 0.2) is 0 Å². The van der Waals surface area contributed by atoms with Crippen LogP contribution in [0.2, 0.25) is 0 Å². The predicted molar refractivity (Wildman–Crippen MR) is 128 cm³/mol. The van der Waals surface area contributed by atoms with Crippen LogP contribution in [0.5, 0.6) is 0 Å². The van der Waals surface area contributed by atoms with Gasteiger partial charge in [-0.15, -0.1) is 0 Å². The van der Waals surface area contributed by atoms with Crippen LogP contribution in [0, 0.1) is 20.2 Å². The van der Waals surface area contributed by atoms with Gasteiger partial charge in [0.25, 0.3) is 11.4 Å². The van der Waals surface area contributed by atoms with Crippen molar-refractivity contribution in [2.45, 2.75) is 62.2 Å². The van der Waals surface area contributed by atoms with Crippen LogP contribution >= 0.6 is 0 Å². The Morgan fingerprint density at radius 3 is 1.45 bits per heavy atom. The molecule has 0 saturated carbocycles. The molecule has 0 saturated heterocycles. The van der Waals surface area contributed by atoms with E-state index in [1.54, 1.807) is 0 Å². The number of rotatable bonds is 14. The second-order valence-electron chi connectivity index (χ2n) is 7.64. The van der Waals surface area contributed by atoms with E-state index in [1.165, 1.54) is 24.3 Å². The number of unbranched alkanes of at least 4 members (excludes halogenated alkanes) is 4. The van der Waals surface area contributed by atoms with Crippen molar-refractivity contribution < 1.29 is 18.3 Å². The quantitative estimate of drug-likeness (QED) is 0.204. The molecule has 0 amide bonds. The highest BCUT2D eigenvalue weighted by atomic mass is 32.2. The van der Waals surface area contributed by atoms with E-state index in [4.69, 9.17) is 0 Å². The Kier molecular flexibility index (Phi) is 9.58. The number of sulfone groups is 1. The zero-order valence-corrected chi connectivity index (χ0v) is 19.7. The predicted octanol–water partition coefficient (Wildman–Crippen LogP) is 5.54. The normalized spacial score (nSPS) is 11.2. The van der Waals surface area contributed by atoms with Crippen LogP contribution in [0.15, 0.2) is 46.2 Å². The summed E-state index contributed by atoms with van der Waals surface area (Å²) in [5, 5.41) is 29.0. The van der Waals surface area contributed by atoms with E-state index in [0.29, 0.717) is 13.1 Å². The molecule has 2 N–H and O–H groups in total. The minimum atomic E-state index is -4.21. The Labute approximate surface area is 193 Å².